The van der Waals surface area contributed by atoms with E-state index in [1.165, 1.54) is 16.2 Å². The minimum atomic E-state index is 0.590. The van der Waals surface area contributed by atoms with E-state index in [0.717, 1.165) is 21.1 Å². The SMILES string of the molecule is Cc1ccc(/C=C(/C#N)c2nc(-c3ccc(Cl)cc3)cs2)s1. The first-order valence-corrected chi connectivity index (χ1v) is 8.63. The average molecular weight is 343 g/mol. The van der Waals surface area contributed by atoms with Crippen molar-refractivity contribution in [1.29, 1.82) is 5.26 Å². The molecule has 0 amide bonds. The van der Waals surface area contributed by atoms with Crippen LogP contribution in [0.3, 0.4) is 0 Å². The summed E-state index contributed by atoms with van der Waals surface area (Å²) < 4.78 is 0. The first-order chi connectivity index (χ1) is 10.7. The van der Waals surface area contributed by atoms with Gasteiger partial charge in [0.1, 0.15) is 11.1 Å². The van der Waals surface area contributed by atoms with Gasteiger partial charge >= 0.3 is 0 Å². The number of hydrogen-bond donors (Lipinski definition) is 0. The van der Waals surface area contributed by atoms with E-state index in [-0.39, 0.29) is 0 Å². The fraction of sp³-hybridized carbons (Fsp3) is 0.0588. The molecule has 0 aliphatic rings. The molecule has 0 bridgehead atoms. The number of halogens is 1. The Labute approximate surface area is 142 Å². The maximum atomic E-state index is 9.40. The van der Waals surface area contributed by atoms with E-state index >= 15 is 0 Å². The van der Waals surface area contributed by atoms with Crippen LogP contribution in [0, 0.1) is 18.3 Å². The molecular formula is C17H11ClN2S2. The molecule has 0 fully saturated rings. The van der Waals surface area contributed by atoms with Gasteiger partial charge < -0.3 is 0 Å². The molecule has 22 heavy (non-hydrogen) atoms. The lowest BCUT2D eigenvalue weighted by atomic mass is 10.2. The molecule has 0 unspecified atom stereocenters. The predicted molar refractivity (Wildman–Crippen MR) is 95.1 cm³/mol. The third-order valence-corrected chi connectivity index (χ3v) is 5.12. The minimum Gasteiger partial charge on any atom is -0.235 e. The van der Waals surface area contributed by atoms with E-state index < -0.39 is 0 Å². The van der Waals surface area contributed by atoms with Crippen molar-refractivity contribution >= 4 is 45.9 Å². The van der Waals surface area contributed by atoms with Gasteiger partial charge in [-0.2, -0.15) is 5.26 Å². The average Bonchev–Trinajstić information content (AvgIpc) is 3.15. The van der Waals surface area contributed by atoms with Crippen molar-refractivity contribution in [1.82, 2.24) is 4.98 Å². The summed E-state index contributed by atoms with van der Waals surface area (Å²) in [7, 11) is 0. The summed E-state index contributed by atoms with van der Waals surface area (Å²) in [6.45, 7) is 2.05. The lowest BCUT2D eigenvalue weighted by Crippen LogP contribution is -1.82. The normalized spacial score (nSPS) is 11.4. The Hall–Kier alpha value is -1.93. The highest BCUT2D eigenvalue weighted by molar-refractivity contribution is 7.13. The van der Waals surface area contributed by atoms with E-state index in [0.29, 0.717) is 10.6 Å². The molecule has 0 N–H and O–H groups in total. The zero-order valence-corrected chi connectivity index (χ0v) is 14.1. The summed E-state index contributed by atoms with van der Waals surface area (Å²) in [5, 5.41) is 12.8. The Morgan fingerprint density at radius 3 is 2.64 bits per heavy atom. The van der Waals surface area contributed by atoms with Crippen molar-refractivity contribution in [2.75, 3.05) is 0 Å². The summed E-state index contributed by atoms with van der Waals surface area (Å²) >= 11 is 9.04. The highest BCUT2D eigenvalue weighted by atomic mass is 35.5. The number of rotatable bonds is 3. The maximum Gasteiger partial charge on any atom is 0.134 e. The zero-order valence-electron chi connectivity index (χ0n) is 11.7. The second-order valence-corrected chi connectivity index (χ2v) is 7.28. The van der Waals surface area contributed by atoms with Gasteiger partial charge in [-0.25, -0.2) is 4.98 Å². The summed E-state index contributed by atoms with van der Waals surface area (Å²) in [4.78, 5) is 6.87. The molecule has 0 saturated heterocycles. The van der Waals surface area contributed by atoms with E-state index in [2.05, 4.69) is 18.0 Å². The number of nitrogens with zero attached hydrogens (tertiary/aromatic N) is 2. The van der Waals surface area contributed by atoms with Crippen LogP contribution in [-0.4, -0.2) is 4.98 Å². The Morgan fingerprint density at radius 1 is 1.23 bits per heavy atom. The number of benzene rings is 1. The molecule has 0 spiro atoms. The zero-order chi connectivity index (χ0) is 15.5. The molecule has 2 nitrogen and oxygen atoms in total. The second kappa shape index (κ2) is 6.45. The first kappa shape index (κ1) is 15.0. The first-order valence-electron chi connectivity index (χ1n) is 6.56. The van der Waals surface area contributed by atoms with Crippen molar-refractivity contribution in [2.45, 2.75) is 6.92 Å². The smallest absolute Gasteiger partial charge is 0.134 e. The number of allylic oxidation sites excluding steroid dienone is 1. The van der Waals surface area contributed by atoms with E-state index in [1.807, 2.05) is 47.9 Å². The summed E-state index contributed by atoms with van der Waals surface area (Å²) in [6.07, 6.45) is 1.89. The standard InChI is InChI=1S/C17H11ClN2S2/c1-11-2-7-15(22-11)8-13(9-19)17-20-16(10-21-17)12-3-5-14(18)6-4-12/h2-8,10H,1H3/b13-8-. The van der Waals surface area contributed by atoms with Crippen molar-refractivity contribution in [2.24, 2.45) is 0 Å². The van der Waals surface area contributed by atoms with Gasteiger partial charge in [-0.05, 0) is 37.3 Å². The third kappa shape index (κ3) is 3.28. The fourth-order valence-corrected chi connectivity index (χ4v) is 3.71. The largest absolute Gasteiger partial charge is 0.235 e. The Bertz CT molecular complexity index is 867. The highest BCUT2D eigenvalue weighted by Gasteiger charge is 2.09. The molecule has 2 heterocycles. The van der Waals surface area contributed by atoms with Gasteiger partial charge in [0.15, 0.2) is 0 Å². The topological polar surface area (TPSA) is 36.7 Å². The Morgan fingerprint density at radius 2 is 2.00 bits per heavy atom. The Kier molecular flexibility index (Phi) is 4.39. The van der Waals surface area contributed by atoms with Crippen LogP contribution in [0.15, 0.2) is 41.8 Å². The molecule has 0 atom stereocenters. The summed E-state index contributed by atoms with van der Waals surface area (Å²) in [5.41, 5.74) is 2.45. The highest BCUT2D eigenvalue weighted by Crippen LogP contribution is 2.29. The van der Waals surface area contributed by atoms with Crippen LogP contribution in [0.2, 0.25) is 5.02 Å². The molecule has 0 aliphatic carbocycles. The monoisotopic (exact) mass is 342 g/mol. The lowest BCUT2D eigenvalue weighted by molar-refractivity contribution is 1.37. The van der Waals surface area contributed by atoms with Crippen molar-refractivity contribution in [3.63, 3.8) is 0 Å². The summed E-state index contributed by atoms with van der Waals surface area (Å²) in [6, 6.07) is 13.8. The molecular weight excluding hydrogens is 332 g/mol. The molecule has 108 valence electrons. The van der Waals surface area contributed by atoms with Crippen molar-refractivity contribution < 1.29 is 0 Å². The van der Waals surface area contributed by atoms with Crippen LogP contribution in [0.1, 0.15) is 14.8 Å². The summed E-state index contributed by atoms with van der Waals surface area (Å²) in [5.74, 6) is 0. The molecule has 3 rings (SSSR count). The minimum absolute atomic E-state index is 0.590. The number of thiophene rings is 1. The van der Waals surface area contributed by atoms with Gasteiger partial charge in [0.2, 0.25) is 0 Å². The third-order valence-electron chi connectivity index (χ3n) is 3.04. The molecule has 5 heteroatoms. The van der Waals surface area contributed by atoms with E-state index in [4.69, 9.17) is 11.6 Å². The molecule has 3 aromatic rings. The molecule has 0 radical (unpaired) electrons. The second-order valence-electron chi connectivity index (χ2n) is 4.66. The Balaban J connectivity index is 1.93. The van der Waals surface area contributed by atoms with Crippen LogP contribution < -0.4 is 0 Å². The van der Waals surface area contributed by atoms with E-state index in [1.54, 1.807) is 11.3 Å². The number of hydrogen-bond acceptors (Lipinski definition) is 4. The van der Waals surface area contributed by atoms with Crippen LogP contribution in [0.4, 0.5) is 0 Å². The van der Waals surface area contributed by atoms with Gasteiger partial charge in [-0.3, -0.25) is 0 Å². The number of aromatic nitrogens is 1. The molecule has 0 aliphatic heterocycles. The van der Waals surface area contributed by atoms with Crippen LogP contribution in [0.25, 0.3) is 22.9 Å². The van der Waals surface area contributed by atoms with Crippen LogP contribution in [0.5, 0.6) is 0 Å². The number of nitriles is 1. The van der Waals surface area contributed by atoms with E-state index in [9.17, 15) is 5.26 Å². The lowest BCUT2D eigenvalue weighted by Gasteiger charge is -1.96. The molecule has 1 aromatic carbocycles. The van der Waals surface area contributed by atoms with Crippen molar-refractivity contribution in [3.8, 4) is 17.3 Å². The van der Waals surface area contributed by atoms with Gasteiger partial charge in [0.25, 0.3) is 0 Å². The van der Waals surface area contributed by atoms with Gasteiger partial charge in [0.05, 0.1) is 11.3 Å². The molecule has 2 aromatic heterocycles. The van der Waals surface area contributed by atoms with Gasteiger partial charge in [0, 0.05) is 25.7 Å². The van der Waals surface area contributed by atoms with Crippen molar-refractivity contribution in [3.05, 3.63) is 61.6 Å². The fourth-order valence-electron chi connectivity index (χ4n) is 1.97. The van der Waals surface area contributed by atoms with Gasteiger partial charge in [-0.1, -0.05) is 23.7 Å². The number of thiazole rings is 1. The maximum absolute atomic E-state index is 9.40. The van der Waals surface area contributed by atoms with Crippen LogP contribution in [-0.2, 0) is 0 Å². The predicted octanol–water partition coefficient (Wildman–Crippen LogP) is 5.90. The quantitative estimate of drug-likeness (QED) is 0.556. The molecule has 0 saturated carbocycles. The van der Waals surface area contributed by atoms with Gasteiger partial charge in [-0.15, -0.1) is 22.7 Å². The van der Waals surface area contributed by atoms with Crippen LogP contribution >= 0.6 is 34.3 Å². The number of aryl methyl sites for hydroxylation is 1.